The average molecular weight is 211 g/mol. The van der Waals surface area contributed by atoms with E-state index in [0.29, 0.717) is 5.56 Å². The van der Waals surface area contributed by atoms with Crippen molar-refractivity contribution in [3.8, 4) is 11.8 Å². The highest BCUT2D eigenvalue weighted by atomic mass is 15.3. The summed E-state index contributed by atoms with van der Waals surface area (Å²) in [5.41, 5.74) is 4.59. The van der Waals surface area contributed by atoms with Crippen LogP contribution < -0.4 is 0 Å². The Morgan fingerprint density at radius 2 is 1.94 bits per heavy atom. The fourth-order valence-corrected chi connectivity index (χ4v) is 1.80. The van der Waals surface area contributed by atoms with E-state index in [-0.39, 0.29) is 0 Å². The van der Waals surface area contributed by atoms with Crippen LogP contribution in [0.25, 0.3) is 5.69 Å². The van der Waals surface area contributed by atoms with Crippen LogP contribution in [0.4, 0.5) is 0 Å². The van der Waals surface area contributed by atoms with Gasteiger partial charge in [-0.2, -0.15) is 10.4 Å². The van der Waals surface area contributed by atoms with E-state index in [1.807, 2.05) is 49.7 Å². The van der Waals surface area contributed by atoms with Gasteiger partial charge in [-0.15, -0.1) is 0 Å². The maximum atomic E-state index is 9.11. The summed E-state index contributed by atoms with van der Waals surface area (Å²) in [6.45, 7) is 5.91. The second kappa shape index (κ2) is 3.82. The molecule has 16 heavy (non-hydrogen) atoms. The van der Waals surface area contributed by atoms with Crippen LogP contribution in [-0.2, 0) is 0 Å². The summed E-state index contributed by atoms with van der Waals surface area (Å²) in [5.74, 6) is 0. The third kappa shape index (κ3) is 1.70. The summed E-state index contributed by atoms with van der Waals surface area (Å²) in [7, 11) is 0. The Kier molecular flexibility index (Phi) is 2.49. The van der Waals surface area contributed by atoms with Crippen molar-refractivity contribution in [2.75, 3.05) is 0 Å². The summed E-state index contributed by atoms with van der Waals surface area (Å²) >= 11 is 0. The predicted molar refractivity (Wildman–Crippen MR) is 62.5 cm³/mol. The van der Waals surface area contributed by atoms with Gasteiger partial charge in [-0.1, -0.05) is 6.07 Å². The zero-order valence-corrected chi connectivity index (χ0v) is 9.65. The lowest BCUT2D eigenvalue weighted by molar-refractivity contribution is 0.830. The maximum Gasteiger partial charge on any atom is 0.101 e. The highest BCUT2D eigenvalue weighted by molar-refractivity contribution is 5.50. The first-order valence-corrected chi connectivity index (χ1v) is 5.16. The van der Waals surface area contributed by atoms with Gasteiger partial charge in [-0.25, -0.2) is 4.68 Å². The van der Waals surface area contributed by atoms with Gasteiger partial charge in [-0.3, -0.25) is 0 Å². The molecular weight excluding hydrogens is 198 g/mol. The number of benzene rings is 1. The molecule has 0 amide bonds. The molecule has 2 aromatic rings. The molecule has 0 unspecified atom stereocenters. The smallest absolute Gasteiger partial charge is 0.101 e. The van der Waals surface area contributed by atoms with Crippen molar-refractivity contribution in [1.82, 2.24) is 9.78 Å². The maximum absolute atomic E-state index is 9.11. The van der Waals surface area contributed by atoms with Crippen LogP contribution in [0.1, 0.15) is 22.5 Å². The quantitative estimate of drug-likeness (QED) is 0.727. The lowest BCUT2D eigenvalue weighted by Crippen LogP contribution is -2.02. The third-order valence-corrected chi connectivity index (χ3v) is 2.51. The molecule has 1 heterocycles. The normalized spacial score (nSPS) is 10.1. The van der Waals surface area contributed by atoms with Gasteiger partial charge in [0.15, 0.2) is 0 Å². The molecule has 2 rings (SSSR count). The first-order chi connectivity index (χ1) is 7.61. The number of nitriles is 1. The van der Waals surface area contributed by atoms with E-state index in [1.165, 1.54) is 0 Å². The Hall–Kier alpha value is -2.08. The summed E-state index contributed by atoms with van der Waals surface area (Å²) in [6.07, 6.45) is 0. The van der Waals surface area contributed by atoms with Crippen molar-refractivity contribution in [1.29, 1.82) is 5.26 Å². The van der Waals surface area contributed by atoms with Crippen molar-refractivity contribution in [2.24, 2.45) is 0 Å². The molecule has 0 bridgehead atoms. The molecule has 0 atom stereocenters. The summed E-state index contributed by atoms with van der Waals surface area (Å²) in [6, 6.07) is 10.0. The van der Waals surface area contributed by atoms with Crippen LogP contribution in [0.2, 0.25) is 0 Å². The Balaban J connectivity index is 2.65. The molecular formula is C13H13N3. The second-order valence-corrected chi connectivity index (χ2v) is 3.97. The van der Waals surface area contributed by atoms with Gasteiger partial charge in [0.05, 0.1) is 16.9 Å². The predicted octanol–water partition coefficient (Wildman–Crippen LogP) is 2.67. The molecule has 0 saturated heterocycles. The number of hydrogen-bond acceptors (Lipinski definition) is 2. The molecule has 1 aromatic heterocycles. The molecule has 0 fully saturated rings. The van der Waals surface area contributed by atoms with E-state index in [0.717, 1.165) is 22.6 Å². The minimum Gasteiger partial charge on any atom is -0.237 e. The molecule has 0 spiro atoms. The van der Waals surface area contributed by atoms with Gasteiger partial charge in [0.25, 0.3) is 0 Å². The number of rotatable bonds is 1. The lowest BCUT2D eigenvalue weighted by Gasteiger charge is -2.07. The van der Waals surface area contributed by atoms with Crippen molar-refractivity contribution >= 4 is 0 Å². The van der Waals surface area contributed by atoms with Crippen molar-refractivity contribution in [3.05, 3.63) is 46.8 Å². The van der Waals surface area contributed by atoms with Gasteiger partial charge in [-0.05, 0) is 44.5 Å². The lowest BCUT2D eigenvalue weighted by atomic mass is 10.1. The molecule has 3 heteroatoms. The zero-order valence-electron chi connectivity index (χ0n) is 9.65. The Morgan fingerprint density at radius 3 is 2.50 bits per heavy atom. The van der Waals surface area contributed by atoms with Crippen molar-refractivity contribution in [3.63, 3.8) is 0 Å². The summed E-state index contributed by atoms with van der Waals surface area (Å²) in [5, 5.41) is 13.5. The monoisotopic (exact) mass is 211 g/mol. The number of hydrogen-bond donors (Lipinski definition) is 0. The van der Waals surface area contributed by atoms with Crippen molar-refractivity contribution < 1.29 is 0 Å². The SMILES string of the molecule is Cc1ccc(-n2nc(C)cc2C)c(C#N)c1. The number of aromatic nitrogens is 2. The molecule has 3 nitrogen and oxygen atoms in total. The fraction of sp³-hybridized carbons (Fsp3) is 0.231. The molecule has 0 aliphatic carbocycles. The minimum absolute atomic E-state index is 0.659. The van der Waals surface area contributed by atoms with E-state index >= 15 is 0 Å². The van der Waals surface area contributed by atoms with E-state index in [4.69, 9.17) is 5.26 Å². The topological polar surface area (TPSA) is 41.6 Å². The first-order valence-electron chi connectivity index (χ1n) is 5.16. The van der Waals surface area contributed by atoms with Crippen LogP contribution in [0.5, 0.6) is 0 Å². The molecule has 0 N–H and O–H groups in total. The van der Waals surface area contributed by atoms with E-state index in [2.05, 4.69) is 11.2 Å². The van der Waals surface area contributed by atoms with Gasteiger partial charge in [0.2, 0.25) is 0 Å². The van der Waals surface area contributed by atoms with Crippen molar-refractivity contribution in [2.45, 2.75) is 20.8 Å². The Morgan fingerprint density at radius 1 is 1.19 bits per heavy atom. The molecule has 0 aliphatic heterocycles. The molecule has 0 aliphatic rings. The summed E-state index contributed by atoms with van der Waals surface area (Å²) < 4.78 is 1.81. The standard InChI is InChI=1S/C13H13N3/c1-9-4-5-13(12(6-9)8-14)16-11(3)7-10(2)15-16/h4-7H,1-3H3. The van der Waals surface area contributed by atoms with Gasteiger partial charge < -0.3 is 0 Å². The third-order valence-electron chi connectivity index (χ3n) is 2.51. The highest BCUT2D eigenvalue weighted by Crippen LogP contribution is 2.17. The average Bonchev–Trinajstić information content (AvgIpc) is 2.57. The molecule has 0 saturated carbocycles. The second-order valence-electron chi connectivity index (χ2n) is 3.97. The van der Waals surface area contributed by atoms with Gasteiger partial charge >= 0.3 is 0 Å². The highest BCUT2D eigenvalue weighted by Gasteiger charge is 2.08. The Labute approximate surface area is 94.9 Å². The van der Waals surface area contributed by atoms with Crippen LogP contribution >= 0.6 is 0 Å². The van der Waals surface area contributed by atoms with Gasteiger partial charge in [0, 0.05) is 5.69 Å². The minimum atomic E-state index is 0.659. The molecule has 0 radical (unpaired) electrons. The molecule has 1 aromatic carbocycles. The zero-order chi connectivity index (χ0) is 11.7. The van der Waals surface area contributed by atoms with E-state index in [9.17, 15) is 0 Å². The Bertz CT molecular complexity index is 573. The largest absolute Gasteiger partial charge is 0.237 e. The van der Waals surface area contributed by atoms with Crippen LogP contribution in [-0.4, -0.2) is 9.78 Å². The van der Waals surface area contributed by atoms with Crippen LogP contribution in [0, 0.1) is 32.1 Å². The van der Waals surface area contributed by atoms with Gasteiger partial charge in [0.1, 0.15) is 6.07 Å². The van der Waals surface area contributed by atoms with E-state index in [1.54, 1.807) is 0 Å². The van der Waals surface area contributed by atoms with Crippen LogP contribution in [0.15, 0.2) is 24.3 Å². The number of aryl methyl sites for hydroxylation is 3. The first kappa shape index (κ1) is 10.4. The fourth-order valence-electron chi connectivity index (χ4n) is 1.80. The summed E-state index contributed by atoms with van der Waals surface area (Å²) in [4.78, 5) is 0. The molecule has 80 valence electrons. The van der Waals surface area contributed by atoms with Crippen LogP contribution in [0.3, 0.4) is 0 Å². The number of nitrogens with zero attached hydrogens (tertiary/aromatic N) is 3. The van der Waals surface area contributed by atoms with E-state index < -0.39 is 0 Å².